The summed E-state index contributed by atoms with van der Waals surface area (Å²) >= 11 is 0. The number of ether oxygens (including phenoxy) is 1. The van der Waals surface area contributed by atoms with E-state index in [1.165, 1.54) is 0 Å². The maximum atomic E-state index is 12.0. The summed E-state index contributed by atoms with van der Waals surface area (Å²) in [7, 11) is 0. The zero-order chi connectivity index (χ0) is 13.3. The van der Waals surface area contributed by atoms with Crippen LogP contribution in [0.15, 0.2) is 0 Å². The van der Waals surface area contributed by atoms with Crippen molar-refractivity contribution in [2.75, 3.05) is 13.1 Å². The Morgan fingerprint density at radius 2 is 2.06 bits per heavy atom. The van der Waals surface area contributed by atoms with Gasteiger partial charge < -0.3 is 9.64 Å². The number of hydrogen-bond donors (Lipinski definition) is 0. The Morgan fingerprint density at radius 3 is 2.72 bits per heavy atom. The SMILES string of the molecule is CC(C)(C)OC(=O)N1CC[C@@H]2C(=O)CCC[C@@H]2C1. The number of fused-ring (bicyclic) bond motifs is 1. The van der Waals surface area contributed by atoms with Gasteiger partial charge in [-0.3, -0.25) is 4.79 Å². The minimum absolute atomic E-state index is 0.192. The summed E-state index contributed by atoms with van der Waals surface area (Å²) in [5.74, 6) is 0.944. The normalized spacial score (nSPS) is 28.8. The Hall–Kier alpha value is -1.06. The van der Waals surface area contributed by atoms with Gasteiger partial charge in [-0.1, -0.05) is 0 Å². The van der Waals surface area contributed by atoms with Crippen LogP contribution in [-0.4, -0.2) is 35.5 Å². The molecular formula is C14H23NO3. The van der Waals surface area contributed by atoms with Gasteiger partial charge in [0.25, 0.3) is 0 Å². The first-order valence-electron chi connectivity index (χ1n) is 6.87. The number of carbonyl (C=O) groups is 2. The molecule has 1 heterocycles. The summed E-state index contributed by atoms with van der Waals surface area (Å²) in [6.45, 7) is 6.97. The first kappa shape index (κ1) is 13.4. The van der Waals surface area contributed by atoms with Crippen LogP contribution in [-0.2, 0) is 9.53 Å². The Balaban J connectivity index is 1.94. The molecular weight excluding hydrogens is 230 g/mol. The van der Waals surface area contributed by atoms with E-state index in [4.69, 9.17) is 4.74 Å². The molecule has 4 nitrogen and oxygen atoms in total. The first-order valence-corrected chi connectivity index (χ1v) is 6.87. The molecule has 2 atom stereocenters. The van der Waals surface area contributed by atoms with Crippen LogP contribution in [0.2, 0.25) is 0 Å². The Morgan fingerprint density at radius 1 is 1.33 bits per heavy atom. The van der Waals surface area contributed by atoms with E-state index >= 15 is 0 Å². The number of Topliss-reactive ketones (excluding diaryl/α,β-unsaturated/α-hetero) is 1. The number of likely N-dealkylation sites (tertiary alicyclic amines) is 1. The monoisotopic (exact) mass is 253 g/mol. The highest BCUT2D eigenvalue weighted by Gasteiger charge is 2.38. The van der Waals surface area contributed by atoms with Crippen LogP contribution in [0.5, 0.6) is 0 Å². The third-order valence-electron chi connectivity index (χ3n) is 3.80. The van der Waals surface area contributed by atoms with Crippen molar-refractivity contribution >= 4 is 11.9 Å². The molecule has 1 aliphatic heterocycles. The molecule has 0 bridgehead atoms. The molecule has 0 spiro atoms. The summed E-state index contributed by atoms with van der Waals surface area (Å²) < 4.78 is 5.39. The van der Waals surface area contributed by atoms with Gasteiger partial charge in [0.1, 0.15) is 11.4 Å². The molecule has 1 amide bonds. The average Bonchev–Trinajstić information content (AvgIpc) is 2.26. The quantitative estimate of drug-likeness (QED) is 0.666. The van der Waals surface area contributed by atoms with Crippen LogP contribution in [0.25, 0.3) is 0 Å². The van der Waals surface area contributed by atoms with E-state index in [-0.39, 0.29) is 12.0 Å². The number of rotatable bonds is 0. The maximum absolute atomic E-state index is 12.0. The van der Waals surface area contributed by atoms with E-state index in [1.54, 1.807) is 4.90 Å². The Labute approximate surface area is 109 Å². The minimum Gasteiger partial charge on any atom is -0.444 e. The number of ketones is 1. The van der Waals surface area contributed by atoms with Gasteiger partial charge in [-0.25, -0.2) is 4.79 Å². The topological polar surface area (TPSA) is 46.6 Å². The van der Waals surface area contributed by atoms with Crippen LogP contribution >= 0.6 is 0 Å². The van der Waals surface area contributed by atoms with Crippen molar-refractivity contribution in [3.8, 4) is 0 Å². The summed E-state index contributed by atoms with van der Waals surface area (Å²) in [6, 6.07) is 0. The van der Waals surface area contributed by atoms with Crippen molar-refractivity contribution in [1.82, 2.24) is 4.90 Å². The van der Waals surface area contributed by atoms with Crippen LogP contribution in [0.3, 0.4) is 0 Å². The van der Waals surface area contributed by atoms with Crippen LogP contribution in [0.1, 0.15) is 46.5 Å². The predicted molar refractivity (Wildman–Crippen MR) is 68.3 cm³/mol. The minimum atomic E-state index is -0.448. The van der Waals surface area contributed by atoms with Gasteiger partial charge in [-0.2, -0.15) is 0 Å². The first-order chi connectivity index (χ1) is 8.37. The molecule has 0 aromatic rings. The summed E-state index contributed by atoms with van der Waals surface area (Å²) in [4.78, 5) is 25.6. The fraction of sp³-hybridized carbons (Fsp3) is 0.857. The molecule has 102 valence electrons. The second-order valence-corrected chi connectivity index (χ2v) is 6.44. The van der Waals surface area contributed by atoms with Crippen LogP contribution < -0.4 is 0 Å². The molecule has 0 aromatic heterocycles. The molecule has 0 N–H and O–H groups in total. The highest BCUT2D eigenvalue weighted by molar-refractivity contribution is 5.82. The molecule has 2 rings (SSSR count). The Kier molecular flexibility index (Phi) is 3.64. The molecule has 1 aliphatic carbocycles. The maximum Gasteiger partial charge on any atom is 0.410 e. The third kappa shape index (κ3) is 3.03. The van der Waals surface area contributed by atoms with Gasteiger partial charge in [0.15, 0.2) is 0 Å². The van der Waals surface area contributed by atoms with E-state index < -0.39 is 5.60 Å². The largest absolute Gasteiger partial charge is 0.444 e. The lowest BCUT2D eigenvalue weighted by atomic mass is 9.74. The molecule has 18 heavy (non-hydrogen) atoms. The molecule has 4 heteroatoms. The number of hydrogen-bond acceptors (Lipinski definition) is 3. The third-order valence-corrected chi connectivity index (χ3v) is 3.80. The zero-order valence-electron chi connectivity index (χ0n) is 11.6. The Bertz CT molecular complexity index is 345. The van der Waals surface area contributed by atoms with Crippen molar-refractivity contribution < 1.29 is 14.3 Å². The number of nitrogens with zero attached hydrogens (tertiary/aromatic N) is 1. The second kappa shape index (κ2) is 4.90. The predicted octanol–water partition coefficient (Wildman–Crippen LogP) is 2.61. The molecule has 2 fully saturated rings. The zero-order valence-corrected chi connectivity index (χ0v) is 11.6. The van der Waals surface area contributed by atoms with Gasteiger partial charge in [-0.05, 0) is 46.0 Å². The number of carbonyl (C=O) groups excluding carboxylic acids is 2. The second-order valence-electron chi connectivity index (χ2n) is 6.44. The van der Waals surface area contributed by atoms with Gasteiger partial charge in [0.05, 0.1) is 0 Å². The molecule has 0 unspecified atom stereocenters. The summed E-state index contributed by atoms with van der Waals surface area (Å²) in [5.41, 5.74) is -0.448. The smallest absolute Gasteiger partial charge is 0.410 e. The van der Waals surface area contributed by atoms with E-state index in [0.29, 0.717) is 24.8 Å². The van der Waals surface area contributed by atoms with E-state index in [0.717, 1.165) is 25.7 Å². The van der Waals surface area contributed by atoms with E-state index in [2.05, 4.69) is 0 Å². The molecule has 2 aliphatic rings. The van der Waals surface area contributed by atoms with Gasteiger partial charge in [0, 0.05) is 25.4 Å². The number of piperidine rings is 1. The lowest BCUT2D eigenvalue weighted by molar-refractivity contribution is -0.129. The van der Waals surface area contributed by atoms with Crippen molar-refractivity contribution in [2.45, 2.75) is 52.1 Å². The lowest BCUT2D eigenvalue weighted by Gasteiger charge is -2.40. The fourth-order valence-corrected chi connectivity index (χ4v) is 2.96. The molecule has 0 radical (unpaired) electrons. The van der Waals surface area contributed by atoms with Crippen LogP contribution in [0.4, 0.5) is 4.79 Å². The van der Waals surface area contributed by atoms with Crippen molar-refractivity contribution in [2.24, 2.45) is 11.8 Å². The fourth-order valence-electron chi connectivity index (χ4n) is 2.96. The van der Waals surface area contributed by atoms with Crippen molar-refractivity contribution in [3.63, 3.8) is 0 Å². The van der Waals surface area contributed by atoms with E-state index in [1.807, 2.05) is 20.8 Å². The molecule has 1 saturated carbocycles. The van der Waals surface area contributed by atoms with Crippen molar-refractivity contribution in [3.05, 3.63) is 0 Å². The lowest BCUT2D eigenvalue weighted by Crippen LogP contribution is -2.48. The summed E-state index contributed by atoms with van der Waals surface area (Å²) in [6.07, 6.45) is 3.34. The molecule has 1 saturated heterocycles. The van der Waals surface area contributed by atoms with Gasteiger partial charge >= 0.3 is 6.09 Å². The molecule has 0 aromatic carbocycles. The van der Waals surface area contributed by atoms with Crippen molar-refractivity contribution in [1.29, 1.82) is 0 Å². The number of amides is 1. The van der Waals surface area contributed by atoms with E-state index in [9.17, 15) is 9.59 Å². The average molecular weight is 253 g/mol. The highest BCUT2D eigenvalue weighted by atomic mass is 16.6. The van der Waals surface area contributed by atoms with Crippen LogP contribution in [0, 0.1) is 11.8 Å². The highest BCUT2D eigenvalue weighted by Crippen LogP contribution is 2.34. The van der Waals surface area contributed by atoms with Gasteiger partial charge in [0.2, 0.25) is 0 Å². The summed E-state index contributed by atoms with van der Waals surface area (Å²) in [5, 5.41) is 0. The van der Waals surface area contributed by atoms with Gasteiger partial charge in [-0.15, -0.1) is 0 Å². The standard InChI is InChI=1S/C14H23NO3/c1-14(2,3)18-13(17)15-8-7-11-10(9-15)5-4-6-12(11)16/h10-11H,4-9H2,1-3H3/t10-,11+/m1/s1.